The first-order chi connectivity index (χ1) is 7.48. The molecule has 0 saturated carbocycles. The minimum absolute atomic E-state index is 0.282. The summed E-state index contributed by atoms with van der Waals surface area (Å²) in [4.78, 5) is 10.5. The molecule has 0 unspecified atom stereocenters. The van der Waals surface area contributed by atoms with Crippen molar-refractivity contribution < 1.29 is 9.90 Å². The van der Waals surface area contributed by atoms with Crippen molar-refractivity contribution in [3.05, 3.63) is 0 Å². The molecule has 0 saturated heterocycles. The first-order valence-electron chi connectivity index (χ1n) is 6.49. The Morgan fingerprint density at radius 2 is 1.56 bits per heavy atom. The molecule has 1 amide bonds. The summed E-state index contributed by atoms with van der Waals surface area (Å²) in [5, 5.41) is 11.2. The molecule has 16 heavy (non-hydrogen) atoms. The maximum atomic E-state index is 10.5. The molecular formula is C13H27NO2. The molecule has 0 aliphatic rings. The molecule has 0 spiro atoms. The maximum absolute atomic E-state index is 10.5. The third-order valence-electron chi connectivity index (χ3n) is 2.85. The van der Waals surface area contributed by atoms with Gasteiger partial charge in [-0.2, -0.15) is 0 Å². The standard InChI is InChI=1S/C13H27NO2/c1-4-5-6-7-8-9-10-11-13(2,3)14-12(15)16/h14H,4-11H2,1-3H3,(H,15,16). The van der Waals surface area contributed by atoms with Gasteiger partial charge in [-0.15, -0.1) is 0 Å². The molecule has 96 valence electrons. The number of nitrogens with one attached hydrogen (secondary N) is 1. The van der Waals surface area contributed by atoms with E-state index in [1.165, 1.54) is 38.5 Å². The summed E-state index contributed by atoms with van der Waals surface area (Å²) in [6, 6.07) is 0. The summed E-state index contributed by atoms with van der Waals surface area (Å²) in [6.45, 7) is 6.11. The lowest BCUT2D eigenvalue weighted by Gasteiger charge is -2.24. The third-order valence-corrected chi connectivity index (χ3v) is 2.85. The molecule has 0 fully saturated rings. The summed E-state index contributed by atoms with van der Waals surface area (Å²) in [5.74, 6) is 0. The fourth-order valence-electron chi connectivity index (χ4n) is 1.88. The summed E-state index contributed by atoms with van der Waals surface area (Å²) < 4.78 is 0. The summed E-state index contributed by atoms with van der Waals surface area (Å²) in [6.07, 6.45) is 8.90. The number of hydrogen-bond acceptors (Lipinski definition) is 1. The highest BCUT2D eigenvalue weighted by Gasteiger charge is 2.18. The Labute approximate surface area is 99.6 Å². The van der Waals surface area contributed by atoms with Gasteiger partial charge in [0.05, 0.1) is 0 Å². The van der Waals surface area contributed by atoms with Gasteiger partial charge in [0.15, 0.2) is 0 Å². The zero-order valence-electron chi connectivity index (χ0n) is 11.0. The molecule has 0 atom stereocenters. The van der Waals surface area contributed by atoms with Crippen LogP contribution in [0.15, 0.2) is 0 Å². The van der Waals surface area contributed by atoms with Crippen LogP contribution in [-0.4, -0.2) is 16.7 Å². The van der Waals surface area contributed by atoms with Crippen LogP contribution in [0.3, 0.4) is 0 Å². The Balaban J connectivity index is 3.39. The van der Waals surface area contributed by atoms with E-state index >= 15 is 0 Å². The van der Waals surface area contributed by atoms with E-state index in [-0.39, 0.29) is 5.54 Å². The minimum Gasteiger partial charge on any atom is -0.465 e. The predicted octanol–water partition coefficient (Wildman–Crippen LogP) is 4.17. The van der Waals surface area contributed by atoms with Gasteiger partial charge in [-0.3, -0.25) is 0 Å². The molecule has 3 nitrogen and oxygen atoms in total. The molecule has 0 rings (SSSR count). The molecule has 0 radical (unpaired) electrons. The molecule has 0 aliphatic heterocycles. The van der Waals surface area contributed by atoms with E-state index in [1.54, 1.807) is 0 Å². The van der Waals surface area contributed by atoms with Crippen LogP contribution in [0.4, 0.5) is 4.79 Å². The van der Waals surface area contributed by atoms with Gasteiger partial charge in [0.25, 0.3) is 0 Å². The number of carbonyl (C=O) groups is 1. The second kappa shape index (κ2) is 8.43. The Morgan fingerprint density at radius 3 is 2.06 bits per heavy atom. The fourth-order valence-corrected chi connectivity index (χ4v) is 1.88. The highest BCUT2D eigenvalue weighted by atomic mass is 16.4. The Kier molecular flexibility index (Phi) is 8.04. The maximum Gasteiger partial charge on any atom is 0.405 e. The molecule has 0 aromatic rings. The van der Waals surface area contributed by atoms with Crippen LogP contribution >= 0.6 is 0 Å². The van der Waals surface area contributed by atoms with Crippen LogP contribution in [-0.2, 0) is 0 Å². The van der Waals surface area contributed by atoms with Crippen LogP contribution in [0.2, 0.25) is 0 Å². The lowest BCUT2D eigenvalue weighted by Crippen LogP contribution is -2.42. The SMILES string of the molecule is CCCCCCCCCC(C)(C)NC(=O)O. The van der Waals surface area contributed by atoms with E-state index in [0.717, 1.165) is 12.8 Å². The van der Waals surface area contributed by atoms with Gasteiger partial charge in [0.1, 0.15) is 0 Å². The van der Waals surface area contributed by atoms with Gasteiger partial charge in [-0.25, -0.2) is 4.79 Å². The number of unbranched alkanes of at least 4 members (excludes halogenated alkanes) is 6. The van der Waals surface area contributed by atoms with Crippen molar-refractivity contribution in [1.82, 2.24) is 5.32 Å². The lowest BCUT2D eigenvalue weighted by molar-refractivity contribution is 0.180. The highest BCUT2D eigenvalue weighted by Crippen LogP contribution is 2.15. The van der Waals surface area contributed by atoms with Crippen LogP contribution in [0.25, 0.3) is 0 Å². The average Bonchev–Trinajstić information content (AvgIpc) is 2.14. The largest absolute Gasteiger partial charge is 0.465 e. The van der Waals surface area contributed by atoms with Crippen molar-refractivity contribution in [3.63, 3.8) is 0 Å². The lowest BCUT2D eigenvalue weighted by atomic mass is 9.96. The predicted molar refractivity (Wildman–Crippen MR) is 67.8 cm³/mol. The molecule has 0 bridgehead atoms. The van der Waals surface area contributed by atoms with E-state index in [1.807, 2.05) is 13.8 Å². The van der Waals surface area contributed by atoms with Crippen molar-refractivity contribution in [2.24, 2.45) is 0 Å². The van der Waals surface area contributed by atoms with E-state index in [4.69, 9.17) is 5.11 Å². The molecule has 3 heteroatoms. The zero-order chi connectivity index (χ0) is 12.4. The van der Waals surface area contributed by atoms with Gasteiger partial charge < -0.3 is 10.4 Å². The number of carboxylic acid groups (broad SMARTS) is 1. The molecular weight excluding hydrogens is 202 g/mol. The Morgan fingerprint density at radius 1 is 1.06 bits per heavy atom. The summed E-state index contributed by atoms with van der Waals surface area (Å²) in [7, 11) is 0. The van der Waals surface area contributed by atoms with Crippen molar-refractivity contribution in [1.29, 1.82) is 0 Å². The number of rotatable bonds is 9. The van der Waals surface area contributed by atoms with Gasteiger partial charge >= 0.3 is 6.09 Å². The van der Waals surface area contributed by atoms with Gasteiger partial charge in [-0.1, -0.05) is 51.9 Å². The molecule has 0 aromatic carbocycles. The number of amides is 1. The monoisotopic (exact) mass is 229 g/mol. The van der Waals surface area contributed by atoms with E-state index in [0.29, 0.717) is 0 Å². The van der Waals surface area contributed by atoms with Crippen LogP contribution in [0, 0.1) is 0 Å². The third kappa shape index (κ3) is 9.81. The first-order valence-corrected chi connectivity index (χ1v) is 6.49. The topological polar surface area (TPSA) is 49.3 Å². The van der Waals surface area contributed by atoms with Crippen LogP contribution < -0.4 is 5.32 Å². The highest BCUT2D eigenvalue weighted by molar-refractivity contribution is 5.65. The Hall–Kier alpha value is -0.730. The van der Waals surface area contributed by atoms with E-state index in [9.17, 15) is 4.79 Å². The van der Waals surface area contributed by atoms with E-state index in [2.05, 4.69) is 12.2 Å². The zero-order valence-corrected chi connectivity index (χ0v) is 11.0. The molecule has 0 aromatic heterocycles. The molecule has 0 aliphatic carbocycles. The average molecular weight is 229 g/mol. The number of hydrogen-bond donors (Lipinski definition) is 2. The molecule has 0 heterocycles. The van der Waals surface area contributed by atoms with Crippen molar-refractivity contribution in [2.45, 2.75) is 77.7 Å². The first kappa shape index (κ1) is 15.3. The van der Waals surface area contributed by atoms with Gasteiger partial charge in [-0.05, 0) is 20.3 Å². The van der Waals surface area contributed by atoms with Crippen molar-refractivity contribution in [2.75, 3.05) is 0 Å². The summed E-state index contributed by atoms with van der Waals surface area (Å²) >= 11 is 0. The van der Waals surface area contributed by atoms with Crippen LogP contribution in [0.5, 0.6) is 0 Å². The van der Waals surface area contributed by atoms with Gasteiger partial charge in [0.2, 0.25) is 0 Å². The normalized spacial score (nSPS) is 11.4. The quantitative estimate of drug-likeness (QED) is 0.583. The Bertz CT molecular complexity index is 190. The summed E-state index contributed by atoms with van der Waals surface area (Å²) in [5.41, 5.74) is -0.282. The second-order valence-corrected chi connectivity index (χ2v) is 5.19. The minimum atomic E-state index is -0.923. The second-order valence-electron chi connectivity index (χ2n) is 5.19. The fraction of sp³-hybridized carbons (Fsp3) is 0.923. The van der Waals surface area contributed by atoms with Crippen molar-refractivity contribution in [3.8, 4) is 0 Å². The van der Waals surface area contributed by atoms with E-state index < -0.39 is 6.09 Å². The molecule has 2 N–H and O–H groups in total. The van der Waals surface area contributed by atoms with Crippen molar-refractivity contribution >= 4 is 6.09 Å². The van der Waals surface area contributed by atoms with Gasteiger partial charge in [0, 0.05) is 5.54 Å². The van der Waals surface area contributed by atoms with Crippen LogP contribution in [0.1, 0.15) is 72.1 Å². The smallest absolute Gasteiger partial charge is 0.405 e.